The minimum atomic E-state index is -4.48. The van der Waals surface area contributed by atoms with Gasteiger partial charge in [0, 0.05) is 49.4 Å². The molecule has 4 aromatic rings. The van der Waals surface area contributed by atoms with Crippen molar-refractivity contribution in [1.29, 1.82) is 0 Å². The standard InChI is InChI=1S/C30H26F4N4O/c1-20-25(18-21-8-3-2-4-9-21)28(36-27(35-20)22-10-7-11-23(19-22)30(32,33)34)37-14-16-38(17-15-37)29(39)24-12-5-6-13-26(24)31/h2-13,19H,14-18H2,1H3. The van der Waals surface area contributed by atoms with E-state index in [1.54, 1.807) is 17.0 Å². The van der Waals surface area contributed by atoms with Crippen molar-refractivity contribution in [3.05, 3.63) is 113 Å². The Hall–Kier alpha value is -4.27. The second-order valence-corrected chi connectivity index (χ2v) is 9.43. The van der Waals surface area contributed by atoms with E-state index < -0.39 is 17.6 Å². The Labute approximate surface area is 223 Å². The Morgan fingerprint density at radius 1 is 0.872 bits per heavy atom. The zero-order valence-electron chi connectivity index (χ0n) is 21.3. The molecule has 9 heteroatoms. The number of rotatable bonds is 5. The zero-order valence-corrected chi connectivity index (χ0v) is 21.3. The number of carbonyl (C=O) groups is 1. The fourth-order valence-corrected chi connectivity index (χ4v) is 4.74. The number of carbonyl (C=O) groups excluding carboxylic acids is 1. The van der Waals surface area contributed by atoms with Crippen LogP contribution in [-0.4, -0.2) is 47.0 Å². The predicted molar refractivity (Wildman–Crippen MR) is 141 cm³/mol. The molecule has 3 aromatic carbocycles. The first-order chi connectivity index (χ1) is 18.7. The molecule has 1 fully saturated rings. The van der Waals surface area contributed by atoms with Gasteiger partial charge in [0.1, 0.15) is 11.6 Å². The lowest BCUT2D eigenvalue weighted by Gasteiger charge is -2.36. The maximum Gasteiger partial charge on any atom is 0.416 e. The monoisotopic (exact) mass is 534 g/mol. The SMILES string of the molecule is Cc1nc(-c2cccc(C(F)(F)F)c2)nc(N2CCN(C(=O)c3ccccc3F)CC2)c1Cc1ccccc1. The Morgan fingerprint density at radius 3 is 2.26 bits per heavy atom. The van der Waals surface area contributed by atoms with E-state index in [1.807, 2.05) is 42.2 Å². The summed E-state index contributed by atoms with van der Waals surface area (Å²) in [7, 11) is 0. The van der Waals surface area contributed by atoms with Gasteiger partial charge in [0.15, 0.2) is 5.82 Å². The number of nitrogens with zero attached hydrogens (tertiary/aromatic N) is 4. The highest BCUT2D eigenvalue weighted by Crippen LogP contribution is 2.33. The topological polar surface area (TPSA) is 49.3 Å². The van der Waals surface area contributed by atoms with Gasteiger partial charge in [0.2, 0.25) is 0 Å². The zero-order chi connectivity index (χ0) is 27.6. The van der Waals surface area contributed by atoms with Crippen LogP contribution in [0.15, 0.2) is 78.9 Å². The molecule has 0 saturated carbocycles. The molecule has 0 aliphatic carbocycles. The van der Waals surface area contributed by atoms with E-state index in [4.69, 9.17) is 4.98 Å². The third-order valence-corrected chi connectivity index (χ3v) is 6.83. The molecule has 0 radical (unpaired) electrons. The molecule has 1 amide bonds. The van der Waals surface area contributed by atoms with Gasteiger partial charge in [-0.25, -0.2) is 14.4 Å². The number of anilines is 1. The van der Waals surface area contributed by atoms with Gasteiger partial charge in [-0.3, -0.25) is 4.79 Å². The van der Waals surface area contributed by atoms with Gasteiger partial charge in [-0.1, -0.05) is 54.6 Å². The second-order valence-electron chi connectivity index (χ2n) is 9.43. The van der Waals surface area contributed by atoms with Crippen LogP contribution in [0, 0.1) is 12.7 Å². The first kappa shape index (κ1) is 26.3. The van der Waals surface area contributed by atoms with Gasteiger partial charge in [0.25, 0.3) is 5.91 Å². The number of alkyl halides is 3. The van der Waals surface area contributed by atoms with Gasteiger partial charge in [-0.05, 0) is 36.8 Å². The highest BCUT2D eigenvalue weighted by atomic mass is 19.4. The summed E-state index contributed by atoms with van der Waals surface area (Å²) < 4.78 is 54.4. The fraction of sp³-hybridized carbons (Fsp3) is 0.233. The van der Waals surface area contributed by atoms with Crippen LogP contribution in [-0.2, 0) is 12.6 Å². The van der Waals surface area contributed by atoms with Crippen molar-refractivity contribution in [2.24, 2.45) is 0 Å². The van der Waals surface area contributed by atoms with Crippen molar-refractivity contribution in [2.75, 3.05) is 31.1 Å². The first-order valence-corrected chi connectivity index (χ1v) is 12.6. The molecule has 0 spiro atoms. The highest BCUT2D eigenvalue weighted by Gasteiger charge is 2.31. The smallest absolute Gasteiger partial charge is 0.353 e. The van der Waals surface area contributed by atoms with E-state index in [-0.39, 0.29) is 22.9 Å². The van der Waals surface area contributed by atoms with Crippen LogP contribution in [0.5, 0.6) is 0 Å². The summed E-state index contributed by atoms with van der Waals surface area (Å²) in [6, 6.07) is 20.7. The lowest BCUT2D eigenvalue weighted by Crippen LogP contribution is -2.49. The third kappa shape index (κ3) is 5.77. The van der Waals surface area contributed by atoms with Gasteiger partial charge in [-0.2, -0.15) is 13.2 Å². The quantitative estimate of drug-likeness (QED) is 0.288. The van der Waals surface area contributed by atoms with Crippen molar-refractivity contribution in [1.82, 2.24) is 14.9 Å². The molecular weight excluding hydrogens is 508 g/mol. The number of hydrogen-bond donors (Lipinski definition) is 0. The van der Waals surface area contributed by atoms with Crippen molar-refractivity contribution in [3.8, 4) is 11.4 Å². The molecule has 1 aliphatic rings. The lowest BCUT2D eigenvalue weighted by molar-refractivity contribution is -0.137. The molecule has 5 rings (SSSR count). The Kier molecular flexibility index (Phi) is 7.32. The molecular formula is C30H26F4N4O. The number of aryl methyl sites for hydroxylation is 1. The maximum atomic E-state index is 14.2. The van der Waals surface area contributed by atoms with E-state index in [0.29, 0.717) is 44.1 Å². The van der Waals surface area contributed by atoms with Crippen LogP contribution in [0.25, 0.3) is 11.4 Å². The second kappa shape index (κ2) is 10.8. The molecule has 0 unspecified atom stereocenters. The number of piperazine rings is 1. The molecule has 2 heterocycles. The van der Waals surface area contributed by atoms with Crippen LogP contribution in [0.1, 0.15) is 32.7 Å². The first-order valence-electron chi connectivity index (χ1n) is 12.6. The van der Waals surface area contributed by atoms with Crippen LogP contribution in [0.2, 0.25) is 0 Å². The van der Waals surface area contributed by atoms with Gasteiger partial charge in [-0.15, -0.1) is 0 Å². The van der Waals surface area contributed by atoms with Crippen LogP contribution >= 0.6 is 0 Å². The van der Waals surface area contributed by atoms with Gasteiger partial charge in [0.05, 0.1) is 11.1 Å². The highest BCUT2D eigenvalue weighted by molar-refractivity contribution is 5.94. The van der Waals surface area contributed by atoms with Crippen molar-refractivity contribution in [3.63, 3.8) is 0 Å². The van der Waals surface area contributed by atoms with Crippen LogP contribution < -0.4 is 4.90 Å². The van der Waals surface area contributed by atoms with E-state index in [1.165, 1.54) is 24.3 Å². The average molecular weight is 535 g/mol. The number of hydrogen-bond acceptors (Lipinski definition) is 4. The summed E-state index contributed by atoms with van der Waals surface area (Å²) in [6.45, 7) is 3.39. The predicted octanol–water partition coefficient (Wildman–Crippen LogP) is 6.16. The van der Waals surface area contributed by atoms with Crippen molar-refractivity contribution >= 4 is 11.7 Å². The Bertz CT molecular complexity index is 1480. The van der Waals surface area contributed by atoms with Crippen molar-refractivity contribution in [2.45, 2.75) is 19.5 Å². The van der Waals surface area contributed by atoms with E-state index in [0.717, 1.165) is 23.3 Å². The normalized spacial score (nSPS) is 14.0. The molecule has 1 saturated heterocycles. The summed E-state index contributed by atoms with van der Waals surface area (Å²) in [5.74, 6) is -0.111. The average Bonchev–Trinajstić information content (AvgIpc) is 2.94. The van der Waals surface area contributed by atoms with Crippen LogP contribution in [0.3, 0.4) is 0 Å². The fourth-order valence-electron chi connectivity index (χ4n) is 4.74. The van der Waals surface area contributed by atoms with Crippen molar-refractivity contribution < 1.29 is 22.4 Å². The van der Waals surface area contributed by atoms with E-state index in [9.17, 15) is 22.4 Å². The van der Waals surface area contributed by atoms with Gasteiger partial charge >= 0.3 is 6.18 Å². The molecule has 1 aliphatic heterocycles. The number of benzene rings is 3. The molecule has 0 N–H and O–H groups in total. The number of aromatic nitrogens is 2. The molecule has 0 bridgehead atoms. The minimum Gasteiger partial charge on any atom is -0.353 e. The summed E-state index contributed by atoms with van der Waals surface area (Å²) in [5, 5.41) is 0. The Morgan fingerprint density at radius 2 is 1.56 bits per heavy atom. The minimum absolute atomic E-state index is 0.0282. The summed E-state index contributed by atoms with van der Waals surface area (Å²) in [4.78, 5) is 25.9. The molecule has 200 valence electrons. The molecule has 39 heavy (non-hydrogen) atoms. The third-order valence-electron chi connectivity index (χ3n) is 6.83. The van der Waals surface area contributed by atoms with E-state index in [2.05, 4.69) is 4.98 Å². The van der Waals surface area contributed by atoms with E-state index >= 15 is 0 Å². The molecule has 0 atom stereocenters. The Balaban J connectivity index is 1.48. The molecule has 5 nitrogen and oxygen atoms in total. The largest absolute Gasteiger partial charge is 0.416 e. The number of halogens is 4. The van der Waals surface area contributed by atoms with Gasteiger partial charge < -0.3 is 9.80 Å². The summed E-state index contributed by atoms with van der Waals surface area (Å²) in [6.07, 6.45) is -3.94. The van der Waals surface area contributed by atoms with Crippen LogP contribution in [0.4, 0.5) is 23.4 Å². The molecule has 1 aromatic heterocycles. The summed E-state index contributed by atoms with van der Waals surface area (Å²) in [5.41, 5.74) is 2.11. The summed E-state index contributed by atoms with van der Waals surface area (Å²) >= 11 is 0. The number of amides is 1. The maximum absolute atomic E-state index is 14.2. The lowest BCUT2D eigenvalue weighted by atomic mass is 10.0.